The number of pyridine rings is 1. The zero-order chi connectivity index (χ0) is 14.4. The molecule has 1 atom stereocenters. The van der Waals surface area contributed by atoms with Crippen molar-refractivity contribution in [1.29, 1.82) is 0 Å². The second-order valence-corrected chi connectivity index (χ2v) is 5.98. The third-order valence-corrected chi connectivity index (χ3v) is 4.24. The Balaban J connectivity index is 2.01. The van der Waals surface area contributed by atoms with Crippen LogP contribution in [0.15, 0.2) is 47.6 Å². The lowest BCUT2D eigenvalue weighted by atomic mass is 10.1. The van der Waals surface area contributed by atoms with Crippen molar-refractivity contribution in [3.05, 3.63) is 59.3 Å². The van der Waals surface area contributed by atoms with Gasteiger partial charge in [-0.3, -0.25) is 0 Å². The van der Waals surface area contributed by atoms with Gasteiger partial charge < -0.3 is 5.32 Å². The van der Waals surface area contributed by atoms with E-state index in [1.165, 1.54) is 16.7 Å². The summed E-state index contributed by atoms with van der Waals surface area (Å²) in [4.78, 5) is 4.45. The molecule has 2 nitrogen and oxygen atoms in total. The number of rotatable bonds is 6. The molecule has 0 saturated heterocycles. The van der Waals surface area contributed by atoms with E-state index in [9.17, 15) is 0 Å². The maximum Gasteiger partial charge on any atom is 0.0966 e. The Morgan fingerprint density at radius 3 is 2.85 bits per heavy atom. The van der Waals surface area contributed by atoms with Crippen LogP contribution in [0.3, 0.4) is 0 Å². The summed E-state index contributed by atoms with van der Waals surface area (Å²) in [7, 11) is 0. The molecular weight excluding hydrogens is 264 g/mol. The summed E-state index contributed by atoms with van der Waals surface area (Å²) in [5, 5.41) is 4.52. The van der Waals surface area contributed by atoms with Gasteiger partial charge in [0.15, 0.2) is 0 Å². The number of aromatic nitrogens is 1. The van der Waals surface area contributed by atoms with Crippen LogP contribution < -0.4 is 5.32 Å². The van der Waals surface area contributed by atoms with Gasteiger partial charge in [0.25, 0.3) is 0 Å². The van der Waals surface area contributed by atoms with Gasteiger partial charge in [-0.2, -0.15) is 0 Å². The smallest absolute Gasteiger partial charge is 0.0966 e. The Morgan fingerprint density at radius 2 is 2.10 bits per heavy atom. The molecule has 0 aliphatic rings. The van der Waals surface area contributed by atoms with Crippen LogP contribution in [-0.2, 0) is 5.75 Å². The molecule has 0 aliphatic heterocycles. The average molecular weight is 286 g/mol. The third-order valence-electron chi connectivity index (χ3n) is 3.24. The van der Waals surface area contributed by atoms with Gasteiger partial charge in [0.2, 0.25) is 0 Å². The van der Waals surface area contributed by atoms with E-state index in [-0.39, 0.29) is 0 Å². The molecule has 2 aromatic rings. The van der Waals surface area contributed by atoms with E-state index in [0.29, 0.717) is 6.04 Å². The maximum absolute atomic E-state index is 4.45. The lowest BCUT2D eigenvalue weighted by molar-refractivity contribution is 0.596. The molecule has 1 unspecified atom stereocenters. The summed E-state index contributed by atoms with van der Waals surface area (Å²) < 4.78 is 0. The van der Waals surface area contributed by atoms with Gasteiger partial charge in [-0.25, -0.2) is 4.98 Å². The van der Waals surface area contributed by atoms with Crippen LogP contribution in [0, 0.1) is 6.92 Å². The molecule has 3 heteroatoms. The normalized spacial score (nSPS) is 12.3. The Morgan fingerprint density at radius 1 is 1.25 bits per heavy atom. The monoisotopic (exact) mass is 286 g/mol. The highest BCUT2D eigenvalue weighted by atomic mass is 32.2. The second-order valence-electron chi connectivity index (χ2n) is 4.98. The molecule has 0 aliphatic carbocycles. The predicted molar refractivity (Wildman–Crippen MR) is 87.1 cm³/mol. The van der Waals surface area contributed by atoms with E-state index in [2.05, 4.69) is 67.5 Å². The molecule has 20 heavy (non-hydrogen) atoms. The summed E-state index contributed by atoms with van der Waals surface area (Å²) in [6.45, 7) is 7.43. The van der Waals surface area contributed by atoms with E-state index in [0.717, 1.165) is 17.3 Å². The van der Waals surface area contributed by atoms with E-state index in [1.54, 1.807) is 11.8 Å². The highest BCUT2D eigenvalue weighted by Crippen LogP contribution is 2.23. The quantitative estimate of drug-likeness (QED) is 0.799. The van der Waals surface area contributed by atoms with Crippen LogP contribution in [0.2, 0.25) is 0 Å². The Kier molecular flexibility index (Phi) is 5.62. The van der Waals surface area contributed by atoms with Gasteiger partial charge in [0, 0.05) is 18.0 Å². The Labute approximate surface area is 126 Å². The third kappa shape index (κ3) is 4.36. The molecule has 1 N–H and O–H groups in total. The van der Waals surface area contributed by atoms with E-state index in [4.69, 9.17) is 0 Å². The summed E-state index contributed by atoms with van der Waals surface area (Å²) >= 11 is 1.79. The SMILES string of the molecule is CCNC(C)c1ccnc(SCc2cccc(C)c2)c1. The van der Waals surface area contributed by atoms with Crippen molar-refractivity contribution in [3.63, 3.8) is 0 Å². The molecule has 0 radical (unpaired) electrons. The van der Waals surface area contributed by atoms with Crippen LogP contribution in [-0.4, -0.2) is 11.5 Å². The van der Waals surface area contributed by atoms with Crippen LogP contribution in [0.4, 0.5) is 0 Å². The van der Waals surface area contributed by atoms with Crippen LogP contribution in [0.1, 0.15) is 36.6 Å². The number of nitrogens with zero attached hydrogens (tertiary/aromatic N) is 1. The molecule has 1 aromatic heterocycles. The topological polar surface area (TPSA) is 24.9 Å². The van der Waals surface area contributed by atoms with Gasteiger partial charge >= 0.3 is 0 Å². The molecule has 1 aromatic carbocycles. The molecule has 106 valence electrons. The zero-order valence-corrected chi connectivity index (χ0v) is 13.2. The predicted octanol–water partition coefficient (Wildman–Crippen LogP) is 4.35. The van der Waals surface area contributed by atoms with E-state index < -0.39 is 0 Å². The number of thioether (sulfide) groups is 1. The fraction of sp³-hybridized carbons (Fsp3) is 0.353. The summed E-state index contributed by atoms with van der Waals surface area (Å²) in [5.41, 5.74) is 3.96. The van der Waals surface area contributed by atoms with Crippen molar-refractivity contribution >= 4 is 11.8 Å². The van der Waals surface area contributed by atoms with Crippen LogP contribution >= 0.6 is 11.8 Å². The minimum atomic E-state index is 0.376. The lowest BCUT2D eigenvalue weighted by Gasteiger charge is -2.13. The lowest BCUT2D eigenvalue weighted by Crippen LogP contribution is -2.17. The zero-order valence-electron chi connectivity index (χ0n) is 12.4. The molecule has 1 heterocycles. The van der Waals surface area contributed by atoms with Crippen LogP contribution in [0.5, 0.6) is 0 Å². The van der Waals surface area contributed by atoms with Crippen molar-refractivity contribution in [2.75, 3.05) is 6.54 Å². The first kappa shape index (κ1) is 15.1. The van der Waals surface area contributed by atoms with Gasteiger partial charge in [0.05, 0.1) is 5.03 Å². The summed E-state index contributed by atoms with van der Waals surface area (Å²) in [5.74, 6) is 0.966. The summed E-state index contributed by atoms with van der Waals surface area (Å²) in [6, 6.07) is 13.3. The average Bonchev–Trinajstić information content (AvgIpc) is 2.46. The first-order valence-electron chi connectivity index (χ1n) is 7.06. The minimum absolute atomic E-state index is 0.376. The van der Waals surface area contributed by atoms with Crippen molar-refractivity contribution in [1.82, 2.24) is 10.3 Å². The number of benzene rings is 1. The van der Waals surface area contributed by atoms with Crippen molar-refractivity contribution in [3.8, 4) is 0 Å². The molecule has 2 rings (SSSR count). The standard InChI is InChI=1S/C17H22N2S/c1-4-18-14(3)16-8-9-19-17(11-16)20-12-15-7-5-6-13(2)10-15/h5-11,14,18H,4,12H2,1-3H3. The first-order valence-corrected chi connectivity index (χ1v) is 8.05. The molecular formula is C17H22N2S. The largest absolute Gasteiger partial charge is 0.310 e. The number of hydrogen-bond donors (Lipinski definition) is 1. The van der Waals surface area contributed by atoms with Gasteiger partial charge in [-0.15, -0.1) is 11.8 Å². The fourth-order valence-electron chi connectivity index (χ4n) is 2.16. The van der Waals surface area contributed by atoms with Gasteiger partial charge in [-0.05, 0) is 43.7 Å². The van der Waals surface area contributed by atoms with Crippen LogP contribution in [0.25, 0.3) is 0 Å². The number of aryl methyl sites for hydroxylation is 1. The van der Waals surface area contributed by atoms with Crippen molar-refractivity contribution < 1.29 is 0 Å². The first-order chi connectivity index (χ1) is 9.69. The highest BCUT2D eigenvalue weighted by molar-refractivity contribution is 7.98. The molecule has 0 bridgehead atoms. The Bertz CT molecular complexity index is 554. The fourth-order valence-corrected chi connectivity index (χ4v) is 3.01. The number of hydrogen-bond acceptors (Lipinski definition) is 3. The van der Waals surface area contributed by atoms with Gasteiger partial charge in [0.1, 0.15) is 0 Å². The molecule has 0 spiro atoms. The molecule has 0 saturated carbocycles. The molecule has 0 fully saturated rings. The Hall–Kier alpha value is -1.32. The van der Waals surface area contributed by atoms with E-state index in [1.807, 2.05) is 6.20 Å². The second kappa shape index (κ2) is 7.46. The minimum Gasteiger partial charge on any atom is -0.310 e. The van der Waals surface area contributed by atoms with Crippen molar-refractivity contribution in [2.24, 2.45) is 0 Å². The highest BCUT2D eigenvalue weighted by Gasteiger charge is 2.05. The van der Waals surface area contributed by atoms with E-state index >= 15 is 0 Å². The number of nitrogens with one attached hydrogen (secondary N) is 1. The molecule has 0 amide bonds. The maximum atomic E-state index is 4.45. The van der Waals surface area contributed by atoms with Crippen molar-refractivity contribution in [2.45, 2.75) is 37.6 Å². The van der Waals surface area contributed by atoms with Gasteiger partial charge in [-0.1, -0.05) is 36.8 Å². The summed E-state index contributed by atoms with van der Waals surface area (Å²) in [6.07, 6.45) is 1.90.